The molecule has 4 amide bonds. The number of amides is 4. The summed E-state index contributed by atoms with van der Waals surface area (Å²) in [4.78, 5) is 39.8. The van der Waals surface area contributed by atoms with Crippen LogP contribution in [0.2, 0.25) is 20.1 Å². The van der Waals surface area contributed by atoms with E-state index < -0.39 is 17.8 Å². The molecule has 0 spiro atoms. The second-order valence-corrected chi connectivity index (χ2v) is 11.3. The average molecular weight is 686 g/mol. The number of barbiturate groups is 1. The van der Waals surface area contributed by atoms with Crippen LogP contribution in [-0.2, 0) is 22.8 Å². The van der Waals surface area contributed by atoms with Crippen molar-refractivity contribution >= 4 is 76.0 Å². The molecule has 1 fully saturated rings. The van der Waals surface area contributed by atoms with Gasteiger partial charge in [0.05, 0.1) is 12.3 Å². The number of benzene rings is 4. The molecule has 1 N–H and O–H groups in total. The number of hydrogen-bond donors (Lipinski definition) is 1. The smallest absolute Gasteiger partial charge is 0.335 e. The first-order valence-corrected chi connectivity index (χ1v) is 15.1. The molecule has 0 radical (unpaired) electrons. The van der Waals surface area contributed by atoms with Gasteiger partial charge in [0.1, 0.15) is 24.5 Å². The second-order valence-electron chi connectivity index (χ2n) is 9.64. The van der Waals surface area contributed by atoms with E-state index in [1.807, 2.05) is 6.92 Å². The highest BCUT2D eigenvalue weighted by Crippen LogP contribution is 2.32. The molecular weight excluding hydrogens is 662 g/mol. The Labute approximate surface area is 279 Å². The summed E-state index contributed by atoms with van der Waals surface area (Å²) in [5.41, 5.74) is 1.95. The summed E-state index contributed by atoms with van der Waals surface area (Å²) < 4.78 is 17.5. The molecule has 8 nitrogen and oxygen atoms in total. The minimum absolute atomic E-state index is 0.160. The largest absolute Gasteiger partial charge is 0.490 e. The molecule has 0 bridgehead atoms. The molecular formula is C33H24Cl4N2O6. The Bertz CT molecular complexity index is 1810. The van der Waals surface area contributed by atoms with Gasteiger partial charge < -0.3 is 14.2 Å². The van der Waals surface area contributed by atoms with Gasteiger partial charge in [-0.1, -0.05) is 64.6 Å². The number of halogens is 4. The fraction of sp³-hybridized carbons (Fsp3) is 0.121. The molecule has 0 saturated carbocycles. The lowest BCUT2D eigenvalue weighted by atomic mass is 10.1. The zero-order chi connectivity index (χ0) is 32.1. The van der Waals surface area contributed by atoms with Crippen LogP contribution >= 0.6 is 46.4 Å². The van der Waals surface area contributed by atoms with Crippen molar-refractivity contribution < 1.29 is 28.6 Å². The molecule has 1 saturated heterocycles. The summed E-state index contributed by atoms with van der Waals surface area (Å²) in [6.07, 6.45) is 1.38. The first-order chi connectivity index (χ1) is 21.6. The van der Waals surface area contributed by atoms with E-state index in [9.17, 15) is 14.4 Å². The Morgan fingerprint density at radius 1 is 0.711 bits per heavy atom. The maximum atomic E-state index is 13.4. The first kappa shape index (κ1) is 32.2. The quantitative estimate of drug-likeness (QED) is 0.133. The van der Waals surface area contributed by atoms with Crippen LogP contribution in [0.25, 0.3) is 6.08 Å². The molecule has 5 rings (SSSR count). The summed E-state index contributed by atoms with van der Waals surface area (Å²) in [5.74, 6) is -0.311. The lowest BCUT2D eigenvalue weighted by Gasteiger charge is -2.26. The maximum Gasteiger partial charge on any atom is 0.335 e. The van der Waals surface area contributed by atoms with E-state index in [-0.39, 0.29) is 24.5 Å². The average Bonchev–Trinajstić information content (AvgIpc) is 3.00. The van der Waals surface area contributed by atoms with E-state index in [1.54, 1.807) is 66.7 Å². The van der Waals surface area contributed by atoms with Crippen LogP contribution < -0.4 is 24.4 Å². The van der Waals surface area contributed by atoms with Crippen molar-refractivity contribution in [2.24, 2.45) is 0 Å². The van der Waals surface area contributed by atoms with Crippen LogP contribution in [0.5, 0.6) is 17.2 Å². The molecule has 230 valence electrons. The number of carbonyl (C=O) groups is 3. The van der Waals surface area contributed by atoms with Crippen LogP contribution in [0.4, 0.5) is 10.5 Å². The Hall–Kier alpha value is -4.21. The summed E-state index contributed by atoms with van der Waals surface area (Å²) in [6.45, 7) is 2.50. The maximum absolute atomic E-state index is 13.4. The van der Waals surface area contributed by atoms with Crippen LogP contribution in [0.3, 0.4) is 0 Å². The molecule has 12 heteroatoms. The van der Waals surface area contributed by atoms with E-state index in [0.29, 0.717) is 49.5 Å². The lowest BCUT2D eigenvalue weighted by molar-refractivity contribution is -0.122. The normalized spacial score (nSPS) is 14.0. The molecule has 45 heavy (non-hydrogen) atoms. The van der Waals surface area contributed by atoms with Crippen LogP contribution in [-0.4, -0.2) is 24.5 Å². The predicted molar refractivity (Wildman–Crippen MR) is 175 cm³/mol. The van der Waals surface area contributed by atoms with E-state index >= 15 is 0 Å². The van der Waals surface area contributed by atoms with Crippen molar-refractivity contribution in [3.63, 3.8) is 0 Å². The molecule has 1 aliphatic rings. The van der Waals surface area contributed by atoms with Gasteiger partial charge in [0.25, 0.3) is 11.8 Å². The summed E-state index contributed by atoms with van der Waals surface area (Å²) >= 11 is 24.4. The third kappa shape index (κ3) is 7.72. The van der Waals surface area contributed by atoms with Crippen molar-refractivity contribution in [1.82, 2.24) is 5.32 Å². The van der Waals surface area contributed by atoms with Gasteiger partial charge in [0.2, 0.25) is 0 Å². The fourth-order valence-electron chi connectivity index (χ4n) is 4.35. The zero-order valence-corrected chi connectivity index (χ0v) is 26.6. The monoisotopic (exact) mass is 684 g/mol. The van der Waals surface area contributed by atoms with Gasteiger partial charge in [-0.05, 0) is 79.2 Å². The summed E-state index contributed by atoms with van der Waals surface area (Å²) in [7, 11) is 0. The van der Waals surface area contributed by atoms with E-state index in [0.717, 1.165) is 16.0 Å². The lowest BCUT2D eigenvalue weighted by Crippen LogP contribution is -2.54. The molecule has 4 aromatic rings. The van der Waals surface area contributed by atoms with Crippen LogP contribution in [0.1, 0.15) is 23.6 Å². The van der Waals surface area contributed by atoms with E-state index in [2.05, 4.69) is 5.32 Å². The minimum atomic E-state index is -0.872. The van der Waals surface area contributed by atoms with Gasteiger partial charge >= 0.3 is 6.03 Å². The van der Waals surface area contributed by atoms with Crippen molar-refractivity contribution in [2.75, 3.05) is 11.5 Å². The Balaban J connectivity index is 1.32. The summed E-state index contributed by atoms with van der Waals surface area (Å²) in [5, 5.41) is 4.19. The highest BCUT2D eigenvalue weighted by Gasteiger charge is 2.36. The first-order valence-electron chi connectivity index (χ1n) is 13.5. The fourth-order valence-corrected chi connectivity index (χ4v) is 5.27. The predicted octanol–water partition coefficient (Wildman–Crippen LogP) is 8.52. The number of urea groups is 1. The highest BCUT2D eigenvalue weighted by atomic mass is 35.5. The molecule has 0 aliphatic carbocycles. The number of imide groups is 2. The van der Waals surface area contributed by atoms with Crippen LogP contribution in [0.15, 0.2) is 84.4 Å². The molecule has 1 heterocycles. The number of hydrogen-bond acceptors (Lipinski definition) is 6. The van der Waals surface area contributed by atoms with Gasteiger partial charge in [0.15, 0.2) is 11.5 Å². The Kier molecular flexibility index (Phi) is 10.2. The molecule has 1 aliphatic heterocycles. The number of anilines is 1. The van der Waals surface area contributed by atoms with Crippen molar-refractivity contribution in [3.8, 4) is 17.2 Å². The van der Waals surface area contributed by atoms with Gasteiger partial charge in [-0.3, -0.25) is 14.9 Å². The van der Waals surface area contributed by atoms with E-state index in [4.69, 9.17) is 60.6 Å². The third-order valence-corrected chi connectivity index (χ3v) is 7.76. The van der Waals surface area contributed by atoms with Crippen molar-refractivity contribution in [2.45, 2.75) is 20.1 Å². The summed E-state index contributed by atoms with van der Waals surface area (Å²) in [6, 6.07) is 20.6. The number of nitrogens with zero attached hydrogens (tertiary/aromatic N) is 1. The standard InChI is InChI=1S/C33H24Cl4N2O6/c1-2-43-30-14-19(3-12-29(30)45-18-21-5-7-23(35)16-28(21)37)13-26-31(40)38-33(42)39(32(26)41)24-8-10-25(11-9-24)44-17-20-4-6-22(34)15-27(20)36/h3-16H,2,17-18H2,1H3,(H,38,40,42)/b26-13+. The molecule has 0 unspecified atom stereocenters. The molecule has 0 aromatic heterocycles. The minimum Gasteiger partial charge on any atom is -0.490 e. The number of carbonyl (C=O) groups excluding carboxylic acids is 3. The van der Waals surface area contributed by atoms with Gasteiger partial charge in [-0.2, -0.15) is 0 Å². The van der Waals surface area contributed by atoms with Crippen molar-refractivity contribution in [1.29, 1.82) is 0 Å². The molecule has 4 aromatic carbocycles. The second kappa shape index (κ2) is 14.3. The number of rotatable bonds is 10. The Morgan fingerprint density at radius 3 is 1.93 bits per heavy atom. The SMILES string of the molecule is CCOc1cc(/C=C2\C(=O)NC(=O)N(c3ccc(OCc4ccc(Cl)cc4Cl)cc3)C2=O)ccc1OCc1ccc(Cl)cc1Cl. The third-order valence-electron chi connectivity index (χ3n) is 6.58. The van der Waals surface area contributed by atoms with E-state index in [1.165, 1.54) is 18.2 Å². The van der Waals surface area contributed by atoms with Gasteiger partial charge in [-0.25, -0.2) is 9.69 Å². The highest BCUT2D eigenvalue weighted by molar-refractivity contribution is 6.39. The zero-order valence-electron chi connectivity index (χ0n) is 23.6. The van der Waals surface area contributed by atoms with Crippen molar-refractivity contribution in [3.05, 3.63) is 121 Å². The topological polar surface area (TPSA) is 94.2 Å². The van der Waals surface area contributed by atoms with Crippen LogP contribution in [0, 0.1) is 0 Å². The number of nitrogens with one attached hydrogen (secondary N) is 1. The Morgan fingerprint density at radius 2 is 1.33 bits per heavy atom. The van der Waals surface area contributed by atoms with Gasteiger partial charge in [-0.15, -0.1) is 0 Å². The number of ether oxygens (including phenoxy) is 3. The van der Waals surface area contributed by atoms with Gasteiger partial charge in [0, 0.05) is 31.2 Å². The molecule has 0 atom stereocenters.